The van der Waals surface area contributed by atoms with Gasteiger partial charge in [0, 0.05) is 0 Å². The van der Waals surface area contributed by atoms with Gasteiger partial charge in [-0.1, -0.05) is 66.7 Å². The van der Waals surface area contributed by atoms with E-state index in [1.165, 1.54) is 11.1 Å². The number of hydrogen-bond donors (Lipinski definition) is 1. The summed E-state index contributed by atoms with van der Waals surface area (Å²) in [5, 5.41) is 11.1. The number of rotatable bonds is 4. The smallest absolute Gasteiger partial charge is 0.537 e. The second-order valence-electron chi connectivity index (χ2n) is 5.86. The van der Waals surface area contributed by atoms with E-state index in [4.69, 9.17) is 9.68 Å². The first-order chi connectivity index (χ1) is 12.3. The van der Waals surface area contributed by atoms with Crippen molar-refractivity contribution in [2.24, 2.45) is 0 Å². The molecular formula is C22H16BO2. The third-order valence-electron chi connectivity index (χ3n) is 4.31. The maximum atomic E-state index is 8.92. The minimum atomic E-state index is 0.611. The lowest BCUT2D eigenvalue weighted by molar-refractivity contribution is 0.454. The first-order valence-electron chi connectivity index (χ1n) is 8.16. The Bertz CT molecular complexity index is 998. The van der Waals surface area contributed by atoms with E-state index in [2.05, 4.69) is 48.5 Å². The summed E-state index contributed by atoms with van der Waals surface area (Å²) >= 11 is 0. The van der Waals surface area contributed by atoms with Gasteiger partial charge in [0.1, 0.15) is 5.75 Å². The average molecular weight is 323 g/mol. The highest BCUT2D eigenvalue weighted by Crippen LogP contribution is 2.35. The normalized spacial score (nSPS) is 10.6. The largest absolute Gasteiger partial charge is 0.569 e. The molecule has 4 aromatic carbocycles. The van der Waals surface area contributed by atoms with E-state index in [1.807, 2.05) is 42.5 Å². The van der Waals surface area contributed by atoms with Crippen LogP contribution in [0.5, 0.6) is 5.75 Å². The maximum Gasteiger partial charge on any atom is 0.569 e. The molecule has 0 unspecified atom stereocenters. The molecule has 0 atom stereocenters. The van der Waals surface area contributed by atoms with Gasteiger partial charge >= 0.3 is 7.69 Å². The molecule has 0 spiro atoms. The van der Waals surface area contributed by atoms with Gasteiger partial charge in [-0.25, -0.2) is 0 Å². The van der Waals surface area contributed by atoms with Crippen molar-refractivity contribution in [1.82, 2.24) is 0 Å². The van der Waals surface area contributed by atoms with Crippen LogP contribution in [0.3, 0.4) is 0 Å². The third-order valence-corrected chi connectivity index (χ3v) is 4.31. The Kier molecular flexibility index (Phi) is 4.24. The highest BCUT2D eigenvalue weighted by Gasteiger charge is 2.09. The summed E-state index contributed by atoms with van der Waals surface area (Å²) in [4.78, 5) is 0. The van der Waals surface area contributed by atoms with Crippen molar-refractivity contribution >= 4 is 18.5 Å². The van der Waals surface area contributed by atoms with E-state index in [-0.39, 0.29) is 0 Å². The number of hydrogen-bond acceptors (Lipinski definition) is 2. The van der Waals surface area contributed by atoms with Crippen molar-refractivity contribution in [1.29, 1.82) is 0 Å². The Balaban J connectivity index is 1.98. The first-order valence-corrected chi connectivity index (χ1v) is 8.16. The molecule has 0 aliphatic rings. The Morgan fingerprint density at radius 2 is 1.32 bits per heavy atom. The zero-order valence-corrected chi connectivity index (χ0v) is 13.6. The van der Waals surface area contributed by atoms with Crippen molar-refractivity contribution in [2.45, 2.75) is 0 Å². The Labute approximate surface area is 147 Å². The number of benzene rings is 4. The molecule has 0 aliphatic carbocycles. The van der Waals surface area contributed by atoms with Crippen LogP contribution in [-0.2, 0) is 0 Å². The third kappa shape index (κ3) is 3.15. The molecule has 0 saturated heterocycles. The SMILES string of the molecule is O[B]Oc1ccc2cc(-c3ccccc3)cc(-c3ccccc3)c2c1. The fraction of sp³-hybridized carbons (Fsp3) is 0. The summed E-state index contributed by atoms with van der Waals surface area (Å²) in [5.74, 6) is 0.611. The Morgan fingerprint density at radius 3 is 2.00 bits per heavy atom. The monoisotopic (exact) mass is 323 g/mol. The molecule has 0 fully saturated rings. The van der Waals surface area contributed by atoms with Gasteiger partial charge in [0.25, 0.3) is 0 Å². The molecule has 4 aromatic rings. The summed E-state index contributed by atoms with van der Waals surface area (Å²) in [5.41, 5.74) is 4.65. The summed E-state index contributed by atoms with van der Waals surface area (Å²) in [6, 6.07) is 30.9. The zero-order valence-electron chi connectivity index (χ0n) is 13.6. The number of fused-ring (bicyclic) bond motifs is 1. The topological polar surface area (TPSA) is 29.5 Å². The van der Waals surface area contributed by atoms with Crippen LogP contribution in [0.15, 0.2) is 91.0 Å². The lowest BCUT2D eigenvalue weighted by Gasteiger charge is -2.13. The maximum absolute atomic E-state index is 8.92. The minimum Gasteiger partial charge on any atom is -0.537 e. The van der Waals surface area contributed by atoms with Gasteiger partial charge in [0.05, 0.1) is 0 Å². The van der Waals surface area contributed by atoms with Gasteiger partial charge in [-0.3, -0.25) is 0 Å². The fourth-order valence-electron chi connectivity index (χ4n) is 3.12. The second-order valence-corrected chi connectivity index (χ2v) is 5.86. The molecule has 3 heteroatoms. The quantitative estimate of drug-likeness (QED) is 0.531. The van der Waals surface area contributed by atoms with Crippen molar-refractivity contribution in [3.05, 3.63) is 91.0 Å². The van der Waals surface area contributed by atoms with E-state index >= 15 is 0 Å². The van der Waals surface area contributed by atoms with Crippen molar-refractivity contribution in [3.63, 3.8) is 0 Å². The summed E-state index contributed by atoms with van der Waals surface area (Å²) in [7, 11) is 0.710. The van der Waals surface area contributed by atoms with Crippen molar-refractivity contribution in [3.8, 4) is 28.0 Å². The van der Waals surface area contributed by atoms with Crippen molar-refractivity contribution < 1.29 is 9.68 Å². The van der Waals surface area contributed by atoms with E-state index < -0.39 is 0 Å². The van der Waals surface area contributed by atoms with E-state index in [1.54, 1.807) is 0 Å². The predicted molar refractivity (Wildman–Crippen MR) is 103 cm³/mol. The fourth-order valence-corrected chi connectivity index (χ4v) is 3.12. The average Bonchev–Trinajstić information content (AvgIpc) is 2.69. The van der Waals surface area contributed by atoms with Gasteiger partial charge in [0.2, 0.25) is 0 Å². The molecule has 0 heterocycles. The van der Waals surface area contributed by atoms with Crippen LogP contribution < -0.4 is 4.65 Å². The summed E-state index contributed by atoms with van der Waals surface area (Å²) < 4.78 is 5.15. The van der Waals surface area contributed by atoms with Gasteiger partial charge in [-0.05, 0) is 57.3 Å². The molecule has 2 nitrogen and oxygen atoms in total. The molecule has 0 aromatic heterocycles. The zero-order chi connectivity index (χ0) is 17.1. The highest BCUT2D eigenvalue weighted by molar-refractivity contribution is 6.17. The molecule has 0 aliphatic heterocycles. The molecular weight excluding hydrogens is 307 g/mol. The van der Waals surface area contributed by atoms with Gasteiger partial charge < -0.3 is 9.68 Å². The highest BCUT2D eigenvalue weighted by atomic mass is 16.5. The molecule has 0 amide bonds. The molecule has 1 radical (unpaired) electrons. The van der Waals surface area contributed by atoms with Gasteiger partial charge in [0.15, 0.2) is 0 Å². The minimum absolute atomic E-state index is 0.611. The van der Waals surface area contributed by atoms with Crippen LogP contribution >= 0.6 is 0 Å². The van der Waals surface area contributed by atoms with Crippen LogP contribution in [-0.4, -0.2) is 12.7 Å². The van der Waals surface area contributed by atoms with Crippen LogP contribution in [0.4, 0.5) is 0 Å². The van der Waals surface area contributed by atoms with Crippen LogP contribution in [0.1, 0.15) is 0 Å². The molecule has 25 heavy (non-hydrogen) atoms. The molecule has 4 rings (SSSR count). The van der Waals surface area contributed by atoms with E-state index in [9.17, 15) is 0 Å². The molecule has 1 N–H and O–H groups in total. The Morgan fingerprint density at radius 1 is 0.640 bits per heavy atom. The lowest BCUT2D eigenvalue weighted by atomic mass is 9.93. The van der Waals surface area contributed by atoms with E-state index in [0.717, 1.165) is 21.9 Å². The summed E-state index contributed by atoms with van der Waals surface area (Å²) in [6.45, 7) is 0. The lowest BCUT2D eigenvalue weighted by Crippen LogP contribution is -1.99. The Hall–Kier alpha value is -3.04. The van der Waals surface area contributed by atoms with Crippen LogP contribution in [0, 0.1) is 0 Å². The van der Waals surface area contributed by atoms with Crippen LogP contribution in [0.25, 0.3) is 33.0 Å². The molecule has 0 saturated carbocycles. The molecule has 119 valence electrons. The predicted octanol–water partition coefficient (Wildman–Crippen LogP) is 5.08. The standard InChI is InChI=1S/C22H16BO2/c24-23-25-20-12-11-18-13-19(16-7-3-1-4-8-16)14-21(22(18)15-20)17-9-5-2-6-10-17/h1-15,24H. The van der Waals surface area contributed by atoms with Gasteiger partial charge in [-0.2, -0.15) is 0 Å². The molecule has 0 bridgehead atoms. The van der Waals surface area contributed by atoms with Crippen molar-refractivity contribution in [2.75, 3.05) is 0 Å². The first kappa shape index (κ1) is 15.5. The second kappa shape index (κ2) is 6.84. The van der Waals surface area contributed by atoms with E-state index in [0.29, 0.717) is 13.4 Å². The summed E-state index contributed by atoms with van der Waals surface area (Å²) in [6.07, 6.45) is 0. The van der Waals surface area contributed by atoms with Crippen LogP contribution in [0.2, 0.25) is 0 Å². The van der Waals surface area contributed by atoms with Gasteiger partial charge in [-0.15, -0.1) is 0 Å².